The maximum absolute atomic E-state index is 12.1. The molecule has 2 rings (SSSR count). The second kappa shape index (κ2) is 9.54. The molecule has 6 heteroatoms. The number of hydrogen-bond acceptors (Lipinski definition) is 4. The van der Waals surface area contributed by atoms with E-state index in [1.54, 1.807) is 7.11 Å². The summed E-state index contributed by atoms with van der Waals surface area (Å²) in [4.78, 5) is 12.1. The zero-order chi connectivity index (χ0) is 15.1. The van der Waals surface area contributed by atoms with Crippen molar-refractivity contribution in [3.05, 3.63) is 23.8 Å². The van der Waals surface area contributed by atoms with Crippen LogP contribution in [0.1, 0.15) is 31.7 Å². The van der Waals surface area contributed by atoms with Crippen LogP contribution in [0.3, 0.4) is 0 Å². The minimum absolute atomic E-state index is 0. The molecule has 1 aliphatic rings. The number of ether oxygens (including phenoxy) is 2. The van der Waals surface area contributed by atoms with E-state index in [1.165, 1.54) is 0 Å². The number of carbonyl (C=O) groups excluding carboxylic acids is 1. The summed E-state index contributed by atoms with van der Waals surface area (Å²) in [5, 5.41) is 6.22. The number of amides is 1. The second-order valence-electron chi connectivity index (χ2n) is 5.14. The number of benzene rings is 1. The Kier molecular flexibility index (Phi) is 8.06. The summed E-state index contributed by atoms with van der Waals surface area (Å²) < 4.78 is 10.8. The lowest BCUT2D eigenvalue weighted by Crippen LogP contribution is -2.46. The molecule has 0 bridgehead atoms. The Morgan fingerprint density at radius 2 is 2.18 bits per heavy atom. The first-order chi connectivity index (χ1) is 10.2. The van der Waals surface area contributed by atoms with Crippen LogP contribution in [0.4, 0.5) is 0 Å². The maximum atomic E-state index is 12.1. The Bertz CT molecular complexity index is 476. The molecule has 22 heavy (non-hydrogen) atoms. The minimum atomic E-state index is -0.0525. The topological polar surface area (TPSA) is 59.6 Å². The van der Waals surface area contributed by atoms with Crippen molar-refractivity contribution >= 4 is 18.3 Å². The summed E-state index contributed by atoms with van der Waals surface area (Å²) in [7, 11) is 1.62. The highest BCUT2D eigenvalue weighted by atomic mass is 35.5. The summed E-state index contributed by atoms with van der Waals surface area (Å²) in [6.45, 7) is 3.96. The van der Waals surface area contributed by atoms with E-state index in [1.807, 2.05) is 25.1 Å². The first-order valence-electron chi connectivity index (χ1n) is 7.55. The average Bonchev–Trinajstić information content (AvgIpc) is 2.54. The molecule has 1 unspecified atom stereocenters. The first kappa shape index (κ1) is 18.6. The molecule has 1 aliphatic heterocycles. The largest absolute Gasteiger partial charge is 0.493 e. The van der Waals surface area contributed by atoms with Crippen LogP contribution in [0.2, 0.25) is 0 Å². The highest BCUT2D eigenvalue weighted by Gasteiger charge is 2.19. The van der Waals surface area contributed by atoms with Crippen molar-refractivity contribution in [2.24, 2.45) is 0 Å². The van der Waals surface area contributed by atoms with Crippen LogP contribution in [-0.2, 0) is 11.3 Å². The Morgan fingerprint density at radius 3 is 2.82 bits per heavy atom. The Balaban J connectivity index is 0.00000242. The molecule has 1 aromatic rings. The Morgan fingerprint density at radius 1 is 1.36 bits per heavy atom. The molecule has 2 N–H and O–H groups in total. The third-order valence-electron chi connectivity index (χ3n) is 3.62. The lowest BCUT2D eigenvalue weighted by atomic mass is 10.0. The number of nitrogens with one attached hydrogen (secondary N) is 2. The van der Waals surface area contributed by atoms with Gasteiger partial charge >= 0.3 is 0 Å². The highest BCUT2D eigenvalue weighted by molar-refractivity contribution is 5.85. The fourth-order valence-electron chi connectivity index (χ4n) is 2.48. The van der Waals surface area contributed by atoms with Gasteiger partial charge < -0.3 is 20.1 Å². The molecule has 0 aromatic heterocycles. The zero-order valence-corrected chi connectivity index (χ0v) is 14.0. The SMILES string of the molecule is CCOc1ccc(CNC(=O)C2CCCCN2)cc1OC.Cl. The van der Waals surface area contributed by atoms with Gasteiger partial charge in [-0.3, -0.25) is 4.79 Å². The molecular weight excluding hydrogens is 304 g/mol. The molecule has 1 atom stereocenters. The van der Waals surface area contributed by atoms with Gasteiger partial charge in [0.2, 0.25) is 5.91 Å². The van der Waals surface area contributed by atoms with Crippen molar-refractivity contribution < 1.29 is 14.3 Å². The Hall–Kier alpha value is -1.46. The number of halogens is 1. The van der Waals surface area contributed by atoms with Crippen molar-refractivity contribution in [1.82, 2.24) is 10.6 Å². The summed E-state index contributed by atoms with van der Waals surface area (Å²) in [5.74, 6) is 1.49. The standard InChI is InChI=1S/C16H24N2O3.ClH/c1-3-21-14-8-7-12(10-15(14)20-2)11-18-16(19)13-6-4-5-9-17-13;/h7-8,10,13,17H,3-6,9,11H2,1-2H3,(H,18,19);1H. The van der Waals surface area contributed by atoms with Crippen molar-refractivity contribution in [2.75, 3.05) is 20.3 Å². The minimum Gasteiger partial charge on any atom is -0.493 e. The highest BCUT2D eigenvalue weighted by Crippen LogP contribution is 2.27. The van der Waals surface area contributed by atoms with Gasteiger partial charge in [-0.05, 0) is 44.0 Å². The second-order valence-corrected chi connectivity index (χ2v) is 5.14. The van der Waals surface area contributed by atoms with Crippen LogP contribution >= 0.6 is 12.4 Å². The Labute approximate surface area is 138 Å². The predicted octanol–water partition coefficient (Wildman–Crippen LogP) is 2.27. The van der Waals surface area contributed by atoms with Crippen molar-refractivity contribution in [1.29, 1.82) is 0 Å². The van der Waals surface area contributed by atoms with Crippen LogP contribution in [-0.4, -0.2) is 32.2 Å². The molecule has 1 heterocycles. The van der Waals surface area contributed by atoms with Gasteiger partial charge in [0.1, 0.15) is 0 Å². The van der Waals surface area contributed by atoms with Crippen molar-refractivity contribution in [3.63, 3.8) is 0 Å². The molecule has 124 valence electrons. The van der Waals surface area contributed by atoms with Gasteiger partial charge in [0.15, 0.2) is 11.5 Å². The van der Waals surface area contributed by atoms with Gasteiger partial charge in [0.05, 0.1) is 19.8 Å². The lowest BCUT2D eigenvalue weighted by molar-refractivity contribution is -0.123. The van der Waals surface area contributed by atoms with Gasteiger partial charge in [-0.25, -0.2) is 0 Å². The summed E-state index contributed by atoms with van der Waals surface area (Å²) in [5.41, 5.74) is 1.000. The lowest BCUT2D eigenvalue weighted by Gasteiger charge is -2.22. The molecule has 0 radical (unpaired) electrons. The van der Waals surface area contributed by atoms with E-state index < -0.39 is 0 Å². The summed E-state index contributed by atoms with van der Waals surface area (Å²) >= 11 is 0. The number of carbonyl (C=O) groups is 1. The normalized spacial score (nSPS) is 17.3. The molecule has 0 aliphatic carbocycles. The fraction of sp³-hybridized carbons (Fsp3) is 0.562. The number of hydrogen-bond donors (Lipinski definition) is 2. The fourth-order valence-corrected chi connectivity index (χ4v) is 2.48. The summed E-state index contributed by atoms with van der Waals surface area (Å²) in [6.07, 6.45) is 3.18. The number of methoxy groups -OCH3 is 1. The van der Waals surface area contributed by atoms with E-state index in [-0.39, 0.29) is 24.4 Å². The van der Waals surface area contributed by atoms with Gasteiger partial charge in [-0.15, -0.1) is 12.4 Å². The van der Waals surface area contributed by atoms with Crippen molar-refractivity contribution in [2.45, 2.75) is 38.8 Å². The molecule has 0 saturated carbocycles. The van der Waals surface area contributed by atoms with E-state index in [9.17, 15) is 4.79 Å². The molecular formula is C16H25ClN2O3. The number of rotatable bonds is 6. The molecule has 1 saturated heterocycles. The van der Waals surface area contributed by atoms with E-state index in [0.717, 1.165) is 37.1 Å². The van der Waals surface area contributed by atoms with Crippen LogP contribution in [0, 0.1) is 0 Å². The van der Waals surface area contributed by atoms with Crippen LogP contribution in [0.15, 0.2) is 18.2 Å². The number of piperidine rings is 1. The van der Waals surface area contributed by atoms with E-state index >= 15 is 0 Å². The van der Waals surface area contributed by atoms with Crippen LogP contribution in [0.5, 0.6) is 11.5 Å². The van der Waals surface area contributed by atoms with Gasteiger partial charge in [-0.1, -0.05) is 12.5 Å². The zero-order valence-electron chi connectivity index (χ0n) is 13.2. The molecule has 1 aromatic carbocycles. The quantitative estimate of drug-likeness (QED) is 0.841. The van der Waals surface area contributed by atoms with E-state index in [0.29, 0.717) is 18.9 Å². The molecule has 1 amide bonds. The van der Waals surface area contributed by atoms with Crippen LogP contribution < -0.4 is 20.1 Å². The van der Waals surface area contributed by atoms with Crippen LogP contribution in [0.25, 0.3) is 0 Å². The average molecular weight is 329 g/mol. The van der Waals surface area contributed by atoms with E-state index in [4.69, 9.17) is 9.47 Å². The van der Waals surface area contributed by atoms with E-state index in [2.05, 4.69) is 10.6 Å². The summed E-state index contributed by atoms with van der Waals surface area (Å²) in [6, 6.07) is 5.67. The third kappa shape index (κ3) is 5.07. The molecule has 1 fully saturated rings. The van der Waals surface area contributed by atoms with Gasteiger partial charge in [-0.2, -0.15) is 0 Å². The van der Waals surface area contributed by atoms with Gasteiger partial charge in [0.25, 0.3) is 0 Å². The predicted molar refractivity (Wildman–Crippen MR) is 88.9 cm³/mol. The third-order valence-corrected chi connectivity index (χ3v) is 3.62. The van der Waals surface area contributed by atoms with Gasteiger partial charge in [0, 0.05) is 6.54 Å². The smallest absolute Gasteiger partial charge is 0.237 e. The van der Waals surface area contributed by atoms with Crippen molar-refractivity contribution in [3.8, 4) is 11.5 Å². The molecule has 5 nitrogen and oxygen atoms in total. The maximum Gasteiger partial charge on any atom is 0.237 e. The first-order valence-corrected chi connectivity index (χ1v) is 7.55. The molecule has 0 spiro atoms. The monoisotopic (exact) mass is 328 g/mol.